The Morgan fingerprint density at radius 1 is 0.741 bits per heavy atom. The van der Waals surface area contributed by atoms with Gasteiger partial charge in [0.05, 0.1) is 11.4 Å². The topological polar surface area (TPSA) is 61.1 Å². The maximum Gasteiger partial charge on any atom is 0.250 e. The summed E-state index contributed by atoms with van der Waals surface area (Å²) < 4.78 is 3.63. The second-order valence-corrected chi connectivity index (χ2v) is 6.54. The molecule has 2 rings (SSSR count). The molecule has 0 unspecified atom stereocenters. The molecular formula is C19H20Cl3N5. The highest BCUT2D eigenvalue weighted by molar-refractivity contribution is 6.31. The minimum atomic E-state index is 0.219. The van der Waals surface area contributed by atoms with Crippen LogP contribution in [0.3, 0.4) is 0 Å². The van der Waals surface area contributed by atoms with Crippen molar-refractivity contribution < 1.29 is 0 Å². The molecule has 5 nitrogen and oxygen atoms in total. The van der Waals surface area contributed by atoms with Crippen LogP contribution in [0.25, 0.3) is 0 Å². The number of nitrogens with zero attached hydrogens (tertiary/aromatic N) is 3. The second kappa shape index (κ2) is 10.9. The molecule has 0 spiro atoms. The van der Waals surface area contributed by atoms with Crippen LogP contribution in [-0.2, 0) is 0 Å². The number of nitrogens with one attached hydrogen (secondary N) is 2. The van der Waals surface area contributed by atoms with Crippen molar-refractivity contribution in [2.24, 2.45) is 14.7 Å². The predicted molar refractivity (Wildman–Crippen MR) is 116 cm³/mol. The van der Waals surface area contributed by atoms with E-state index >= 15 is 0 Å². The summed E-state index contributed by atoms with van der Waals surface area (Å²) in [5.41, 5.74) is 9.21. The van der Waals surface area contributed by atoms with E-state index in [4.69, 9.17) is 35.0 Å². The van der Waals surface area contributed by atoms with E-state index in [-0.39, 0.29) is 5.96 Å². The number of hydrogen-bond acceptors (Lipinski definition) is 3. The average molecular weight is 425 g/mol. The molecule has 0 heterocycles. The fraction of sp³-hybridized carbons (Fsp3) is 0.211. The van der Waals surface area contributed by atoms with Gasteiger partial charge in [0.15, 0.2) is 0 Å². The first kappa shape index (κ1) is 21.2. The summed E-state index contributed by atoms with van der Waals surface area (Å²) in [6.45, 7) is 4.02. The molecule has 0 aliphatic rings. The third-order valence-corrected chi connectivity index (χ3v) is 4.38. The molecule has 0 atom stereocenters. The summed E-state index contributed by atoms with van der Waals surface area (Å²) in [6, 6.07) is 14.9. The lowest BCUT2D eigenvalue weighted by Crippen LogP contribution is -2.32. The van der Waals surface area contributed by atoms with Gasteiger partial charge in [0.1, 0.15) is 0 Å². The van der Waals surface area contributed by atoms with Crippen LogP contribution in [-0.4, -0.2) is 17.4 Å². The Labute approximate surface area is 174 Å². The van der Waals surface area contributed by atoms with E-state index in [1.54, 1.807) is 0 Å². The molecule has 2 aromatic carbocycles. The van der Waals surface area contributed by atoms with Gasteiger partial charge in [0, 0.05) is 21.8 Å². The first-order chi connectivity index (χ1) is 13.1. The summed E-state index contributed by atoms with van der Waals surface area (Å²) in [7, 11) is 0. The van der Waals surface area contributed by atoms with Crippen LogP contribution in [0.4, 0.5) is 0 Å². The number of halogens is 3. The van der Waals surface area contributed by atoms with Gasteiger partial charge in [-0.05, 0) is 48.2 Å². The van der Waals surface area contributed by atoms with Crippen LogP contribution >= 0.6 is 35.0 Å². The van der Waals surface area contributed by atoms with E-state index in [2.05, 4.69) is 25.6 Å². The Balaban J connectivity index is 2.09. The normalized spacial score (nSPS) is 11.9. The lowest BCUT2D eigenvalue weighted by molar-refractivity contribution is 0.894. The van der Waals surface area contributed by atoms with E-state index < -0.39 is 0 Å². The first-order valence-electron chi connectivity index (χ1n) is 8.43. The van der Waals surface area contributed by atoms with Gasteiger partial charge in [-0.1, -0.05) is 61.3 Å². The van der Waals surface area contributed by atoms with Gasteiger partial charge < -0.3 is 0 Å². The quantitative estimate of drug-likeness (QED) is 0.359. The predicted octanol–water partition coefficient (Wildman–Crippen LogP) is 5.61. The molecule has 0 saturated heterocycles. The lowest BCUT2D eigenvalue weighted by Gasteiger charge is -2.09. The average Bonchev–Trinajstić information content (AvgIpc) is 2.69. The molecule has 0 radical (unpaired) electrons. The van der Waals surface area contributed by atoms with Gasteiger partial charge in [0.25, 0.3) is 0 Å². The van der Waals surface area contributed by atoms with Gasteiger partial charge in [-0.25, -0.2) is 10.9 Å². The molecular weight excluding hydrogens is 405 g/mol. The molecule has 8 heteroatoms. The molecule has 2 aromatic rings. The summed E-state index contributed by atoms with van der Waals surface area (Å²) in [5, 5.41) is 10.1. The van der Waals surface area contributed by atoms with Gasteiger partial charge in [-0.2, -0.15) is 10.2 Å². The molecule has 0 bridgehead atoms. The number of hydrogen-bond donors (Lipinski definition) is 2. The molecule has 0 aliphatic carbocycles. The highest BCUT2D eigenvalue weighted by Gasteiger charge is 2.05. The largest absolute Gasteiger partial charge is 0.250 e. The minimum Gasteiger partial charge on any atom is -0.245 e. The highest BCUT2D eigenvalue weighted by Crippen LogP contribution is 2.12. The van der Waals surface area contributed by atoms with Gasteiger partial charge in [0.2, 0.25) is 5.96 Å². The fourth-order valence-corrected chi connectivity index (χ4v) is 2.61. The van der Waals surface area contributed by atoms with E-state index in [9.17, 15) is 0 Å². The zero-order chi connectivity index (χ0) is 19.6. The summed E-state index contributed by atoms with van der Waals surface area (Å²) in [4.78, 5) is 0. The standard InChI is InChI=1S/C19H20Cl3N5/c1-3-17(13-5-9-15(20)10-6-13)24-26-19(23-22)27-25-18(4-2)14-7-11-16(21)12-8-14/h5-12H,3-4H2,1-2H3,(H2,23,26,27)/b24-17+,25-18+. The van der Waals surface area contributed by atoms with Crippen LogP contribution in [0.2, 0.25) is 10.0 Å². The SMILES string of the molecule is CC/C(=N\NC(=NCl)N/N=C(\CC)c1ccc(Cl)cc1)c1ccc(Cl)cc1. The van der Waals surface area contributed by atoms with Crippen molar-refractivity contribution >= 4 is 52.4 Å². The van der Waals surface area contributed by atoms with E-state index in [0.29, 0.717) is 10.0 Å². The van der Waals surface area contributed by atoms with Crippen molar-refractivity contribution in [3.05, 3.63) is 69.7 Å². The van der Waals surface area contributed by atoms with Crippen molar-refractivity contribution in [1.29, 1.82) is 0 Å². The summed E-state index contributed by atoms with van der Waals surface area (Å²) in [5.74, 6) is 0.219. The van der Waals surface area contributed by atoms with Crippen molar-refractivity contribution in [1.82, 2.24) is 10.9 Å². The monoisotopic (exact) mass is 423 g/mol. The molecule has 0 aliphatic heterocycles. The molecule has 0 fully saturated rings. The Bertz CT molecular complexity index is 760. The molecule has 0 aromatic heterocycles. The van der Waals surface area contributed by atoms with Crippen molar-refractivity contribution in [3.8, 4) is 0 Å². The molecule has 0 amide bonds. The third-order valence-electron chi connectivity index (χ3n) is 3.70. The summed E-state index contributed by atoms with van der Waals surface area (Å²) >= 11 is 17.5. The third kappa shape index (κ3) is 6.54. The maximum atomic E-state index is 5.93. The van der Waals surface area contributed by atoms with E-state index in [0.717, 1.165) is 35.4 Å². The fourth-order valence-electron chi connectivity index (χ4n) is 2.28. The number of hydrazone groups is 2. The van der Waals surface area contributed by atoms with Crippen molar-refractivity contribution in [2.45, 2.75) is 26.7 Å². The van der Waals surface area contributed by atoms with E-state index in [1.165, 1.54) is 0 Å². The number of guanidine groups is 1. The number of benzene rings is 2. The van der Waals surface area contributed by atoms with Gasteiger partial charge in [-0.3, -0.25) is 0 Å². The minimum absolute atomic E-state index is 0.219. The first-order valence-corrected chi connectivity index (χ1v) is 9.52. The van der Waals surface area contributed by atoms with Gasteiger partial charge in [-0.15, -0.1) is 4.51 Å². The Morgan fingerprint density at radius 2 is 1.11 bits per heavy atom. The number of rotatable bonds is 6. The molecule has 27 heavy (non-hydrogen) atoms. The van der Waals surface area contributed by atoms with Crippen LogP contribution in [0, 0.1) is 0 Å². The van der Waals surface area contributed by atoms with Gasteiger partial charge >= 0.3 is 0 Å². The zero-order valence-electron chi connectivity index (χ0n) is 15.0. The van der Waals surface area contributed by atoms with Crippen LogP contribution in [0.5, 0.6) is 0 Å². The van der Waals surface area contributed by atoms with E-state index in [1.807, 2.05) is 62.4 Å². The van der Waals surface area contributed by atoms with Crippen LogP contribution in [0.15, 0.2) is 63.2 Å². The molecule has 2 N–H and O–H groups in total. The Hall–Kier alpha value is -2.08. The smallest absolute Gasteiger partial charge is 0.245 e. The Kier molecular flexibility index (Phi) is 8.58. The summed E-state index contributed by atoms with van der Waals surface area (Å²) in [6.07, 6.45) is 1.44. The zero-order valence-corrected chi connectivity index (χ0v) is 17.3. The van der Waals surface area contributed by atoms with Crippen molar-refractivity contribution in [2.75, 3.05) is 0 Å². The van der Waals surface area contributed by atoms with Crippen LogP contribution < -0.4 is 10.9 Å². The lowest BCUT2D eigenvalue weighted by atomic mass is 10.1. The second-order valence-electron chi connectivity index (χ2n) is 5.49. The Morgan fingerprint density at radius 3 is 1.41 bits per heavy atom. The molecule has 0 saturated carbocycles. The molecule has 142 valence electrons. The van der Waals surface area contributed by atoms with Crippen molar-refractivity contribution in [3.63, 3.8) is 0 Å². The highest BCUT2D eigenvalue weighted by atomic mass is 35.5. The van der Waals surface area contributed by atoms with Crippen LogP contribution in [0.1, 0.15) is 37.8 Å². The maximum absolute atomic E-state index is 5.93.